The van der Waals surface area contributed by atoms with Crippen molar-refractivity contribution >= 4 is 0 Å². The van der Waals surface area contributed by atoms with E-state index >= 15 is 0 Å². The standard InChI is InChI=1S/C24H36N4O/c1-17(2)28-20(5)22(19(4)25-28)15-27-14-21-13-18(3)7-8-23(21)29-24(16-27)9-11-26(6)12-10-24/h7-8,13,17H,9-12,14-16H2,1-6H3. The summed E-state index contributed by atoms with van der Waals surface area (Å²) in [4.78, 5) is 5.01. The van der Waals surface area contributed by atoms with Gasteiger partial charge in [-0.3, -0.25) is 9.58 Å². The van der Waals surface area contributed by atoms with Gasteiger partial charge in [0.1, 0.15) is 11.4 Å². The molecule has 5 heteroatoms. The van der Waals surface area contributed by atoms with Crippen molar-refractivity contribution in [3.8, 4) is 5.75 Å². The van der Waals surface area contributed by atoms with E-state index < -0.39 is 0 Å². The Kier molecular flexibility index (Phi) is 5.47. The minimum atomic E-state index is -0.0944. The highest BCUT2D eigenvalue weighted by molar-refractivity contribution is 5.38. The highest BCUT2D eigenvalue weighted by Crippen LogP contribution is 2.36. The summed E-state index contributed by atoms with van der Waals surface area (Å²) in [7, 11) is 2.21. The van der Waals surface area contributed by atoms with E-state index in [0.717, 1.165) is 57.0 Å². The number of hydrogen-bond acceptors (Lipinski definition) is 4. The van der Waals surface area contributed by atoms with Crippen LogP contribution in [0, 0.1) is 20.8 Å². The van der Waals surface area contributed by atoms with Gasteiger partial charge in [0.25, 0.3) is 0 Å². The molecule has 2 aliphatic rings. The first-order chi connectivity index (χ1) is 13.8. The summed E-state index contributed by atoms with van der Waals surface area (Å²) in [5, 5.41) is 4.82. The lowest BCUT2D eigenvalue weighted by atomic mass is 9.90. The van der Waals surface area contributed by atoms with Crippen LogP contribution in [0.3, 0.4) is 0 Å². The van der Waals surface area contributed by atoms with Crippen molar-refractivity contribution in [1.29, 1.82) is 0 Å². The lowest BCUT2D eigenvalue weighted by Crippen LogP contribution is -2.52. The number of benzene rings is 1. The van der Waals surface area contributed by atoms with Crippen molar-refractivity contribution < 1.29 is 4.74 Å². The van der Waals surface area contributed by atoms with Crippen molar-refractivity contribution in [3.63, 3.8) is 0 Å². The quantitative estimate of drug-likeness (QED) is 0.777. The first kappa shape index (κ1) is 20.4. The molecule has 0 radical (unpaired) electrons. The Morgan fingerprint density at radius 3 is 2.52 bits per heavy atom. The topological polar surface area (TPSA) is 33.5 Å². The van der Waals surface area contributed by atoms with E-state index in [4.69, 9.17) is 9.84 Å². The molecule has 29 heavy (non-hydrogen) atoms. The third-order valence-corrected chi connectivity index (χ3v) is 6.69. The molecule has 3 heterocycles. The molecule has 0 amide bonds. The number of likely N-dealkylation sites (tertiary alicyclic amines) is 1. The van der Waals surface area contributed by atoms with Crippen molar-refractivity contribution in [1.82, 2.24) is 19.6 Å². The van der Waals surface area contributed by atoms with E-state index in [1.165, 1.54) is 22.4 Å². The van der Waals surface area contributed by atoms with Gasteiger partial charge in [0.15, 0.2) is 0 Å². The van der Waals surface area contributed by atoms with Gasteiger partial charge in [-0.1, -0.05) is 17.7 Å². The first-order valence-corrected chi connectivity index (χ1v) is 11.0. The Hall–Kier alpha value is -1.85. The molecule has 2 aliphatic heterocycles. The molecule has 0 unspecified atom stereocenters. The molecule has 0 saturated carbocycles. The smallest absolute Gasteiger partial charge is 0.124 e. The van der Waals surface area contributed by atoms with Crippen LogP contribution in [0.15, 0.2) is 18.2 Å². The summed E-state index contributed by atoms with van der Waals surface area (Å²) in [6, 6.07) is 7.05. The number of nitrogens with zero attached hydrogens (tertiary/aromatic N) is 4. The molecule has 0 aliphatic carbocycles. The molecule has 4 rings (SSSR count). The Labute approximate surface area is 175 Å². The maximum atomic E-state index is 6.77. The predicted molar refractivity (Wildman–Crippen MR) is 117 cm³/mol. The SMILES string of the molecule is Cc1ccc2c(c1)CN(Cc1c(C)nn(C(C)C)c1C)CC1(CCN(C)CC1)O2. The fraction of sp³-hybridized carbons (Fsp3) is 0.625. The van der Waals surface area contributed by atoms with Crippen molar-refractivity contribution in [3.05, 3.63) is 46.3 Å². The number of aromatic nitrogens is 2. The van der Waals surface area contributed by atoms with Gasteiger partial charge >= 0.3 is 0 Å². The molecule has 158 valence electrons. The van der Waals surface area contributed by atoms with Crippen LogP contribution < -0.4 is 4.74 Å². The van der Waals surface area contributed by atoms with Crippen LogP contribution >= 0.6 is 0 Å². The fourth-order valence-electron chi connectivity index (χ4n) is 4.95. The Balaban J connectivity index is 1.67. The molecule has 1 fully saturated rings. The highest BCUT2D eigenvalue weighted by atomic mass is 16.5. The second-order valence-corrected chi connectivity index (χ2v) is 9.53. The summed E-state index contributed by atoms with van der Waals surface area (Å²) in [6.07, 6.45) is 2.16. The largest absolute Gasteiger partial charge is 0.486 e. The average Bonchev–Trinajstić information content (AvgIpc) is 2.86. The Morgan fingerprint density at radius 1 is 1.14 bits per heavy atom. The van der Waals surface area contributed by atoms with Gasteiger partial charge in [0, 0.05) is 68.4 Å². The van der Waals surface area contributed by atoms with E-state index in [0.29, 0.717) is 6.04 Å². The molecule has 1 aromatic carbocycles. The van der Waals surface area contributed by atoms with Gasteiger partial charge in [-0.2, -0.15) is 5.10 Å². The molecule has 0 N–H and O–H groups in total. The molecule has 0 atom stereocenters. The summed E-state index contributed by atoms with van der Waals surface area (Å²) >= 11 is 0. The summed E-state index contributed by atoms with van der Waals surface area (Å²) < 4.78 is 8.94. The van der Waals surface area contributed by atoms with Crippen LogP contribution in [-0.2, 0) is 13.1 Å². The maximum absolute atomic E-state index is 6.77. The van der Waals surface area contributed by atoms with Gasteiger partial charge < -0.3 is 9.64 Å². The van der Waals surface area contributed by atoms with Crippen molar-refractivity contribution in [2.45, 2.75) is 72.2 Å². The van der Waals surface area contributed by atoms with Gasteiger partial charge in [-0.25, -0.2) is 0 Å². The van der Waals surface area contributed by atoms with Crippen LogP contribution in [0.4, 0.5) is 0 Å². The van der Waals surface area contributed by atoms with Crippen LogP contribution in [0.5, 0.6) is 5.75 Å². The maximum Gasteiger partial charge on any atom is 0.124 e. The molecule has 1 aromatic heterocycles. The molecule has 1 spiro atoms. The summed E-state index contributed by atoms with van der Waals surface area (Å²) in [5.41, 5.74) is 6.34. The Morgan fingerprint density at radius 2 is 1.86 bits per heavy atom. The second kappa shape index (κ2) is 7.77. The predicted octanol–water partition coefficient (Wildman–Crippen LogP) is 4.25. The third kappa shape index (κ3) is 4.08. The Bertz CT molecular complexity index is 877. The lowest BCUT2D eigenvalue weighted by molar-refractivity contribution is -0.0146. The van der Waals surface area contributed by atoms with E-state index in [-0.39, 0.29) is 5.60 Å². The van der Waals surface area contributed by atoms with E-state index in [1.807, 2.05) is 0 Å². The van der Waals surface area contributed by atoms with E-state index in [2.05, 4.69) is 74.3 Å². The minimum absolute atomic E-state index is 0.0944. The number of fused-ring (bicyclic) bond motifs is 1. The molecule has 2 aromatic rings. The number of piperidine rings is 1. The van der Waals surface area contributed by atoms with Gasteiger partial charge in [-0.05, 0) is 47.7 Å². The monoisotopic (exact) mass is 396 g/mol. The fourth-order valence-corrected chi connectivity index (χ4v) is 4.95. The zero-order chi connectivity index (χ0) is 20.8. The summed E-state index contributed by atoms with van der Waals surface area (Å²) in [5.74, 6) is 1.08. The third-order valence-electron chi connectivity index (χ3n) is 6.69. The number of hydrogen-bond donors (Lipinski definition) is 0. The van der Waals surface area contributed by atoms with Crippen LogP contribution in [0.25, 0.3) is 0 Å². The second-order valence-electron chi connectivity index (χ2n) is 9.53. The van der Waals surface area contributed by atoms with Crippen LogP contribution in [0.2, 0.25) is 0 Å². The van der Waals surface area contributed by atoms with Crippen LogP contribution in [0.1, 0.15) is 60.8 Å². The minimum Gasteiger partial charge on any atom is -0.486 e. The van der Waals surface area contributed by atoms with Gasteiger partial charge in [-0.15, -0.1) is 0 Å². The summed E-state index contributed by atoms with van der Waals surface area (Å²) in [6.45, 7) is 16.0. The number of ether oxygens (including phenoxy) is 1. The number of rotatable bonds is 3. The molecular formula is C24H36N4O. The van der Waals surface area contributed by atoms with Gasteiger partial charge in [0.2, 0.25) is 0 Å². The normalized spacial score (nSPS) is 20.0. The first-order valence-electron chi connectivity index (χ1n) is 11.0. The van der Waals surface area contributed by atoms with Crippen LogP contribution in [-0.4, -0.2) is 51.9 Å². The van der Waals surface area contributed by atoms with Crippen molar-refractivity contribution in [2.24, 2.45) is 0 Å². The average molecular weight is 397 g/mol. The molecular weight excluding hydrogens is 360 g/mol. The molecule has 0 bridgehead atoms. The number of aryl methyl sites for hydroxylation is 2. The van der Waals surface area contributed by atoms with Gasteiger partial charge in [0.05, 0.1) is 5.69 Å². The van der Waals surface area contributed by atoms with Crippen molar-refractivity contribution in [2.75, 3.05) is 26.7 Å². The zero-order valence-corrected chi connectivity index (χ0v) is 19.0. The van der Waals surface area contributed by atoms with E-state index in [9.17, 15) is 0 Å². The highest BCUT2D eigenvalue weighted by Gasteiger charge is 2.40. The molecule has 5 nitrogen and oxygen atoms in total. The van der Waals surface area contributed by atoms with E-state index in [1.54, 1.807) is 0 Å². The lowest BCUT2D eigenvalue weighted by Gasteiger charge is -2.42. The zero-order valence-electron chi connectivity index (χ0n) is 19.0. The molecule has 1 saturated heterocycles.